The van der Waals surface area contributed by atoms with Gasteiger partial charge in [-0.15, -0.1) is 12.3 Å². The van der Waals surface area contributed by atoms with Gasteiger partial charge in [0.05, 0.1) is 0 Å². The zero-order chi connectivity index (χ0) is 13.6. The second kappa shape index (κ2) is 4.44. The standard InChI is InChI=1S/C14H18N2O3/c1-2-3-9(13(17)18)15-14(19)16-12-10-7-4-5-8(6-7)11(10)12/h1,7-12H,3-6H2,(H,17,18)(H2,15,16,19). The van der Waals surface area contributed by atoms with Crippen molar-refractivity contribution in [1.29, 1.82) is 0 Å². The van der Waals surface area contributed by atoms with Crippen LogP contribution in [0.25, 0.3) is 0 Å². The molecule has 3 aliphatic carbocycles. The number of carboxylic acids is 1. The van der Waals surface area contributed by atoms with E-state index in [1.54, 1.807) is 0 Å². The average Bonchev–Trinajstić information content (AvgIpc) is 2.76. The van der Waals surface area contributed by atoms with Crippen molar-refractivity contribution in [2.45, 2.75) is 37.8 Å². The predicted molar refractivity (Wildman–Crippen MR) is 68.1 cm³/mol. The molecule has 3 aliphatic rings. The van der Waals surface area contributed by atoms with E-state index in [2.05, 4.69) is 16.6 Å². The summed E-state index contributed by atoms with van der Waals surface area (Å²) in [7, 11) is 0. The molecule has 2 bridgehead atoms. The van der Waals surface area contributed by atoms with Crippen molar-refractivity contribution in [3.63, 3.8) is 0 Å². The van der Waals surface area contributed by atoms with Crippen LogP contribution in [-0.2, 0) is 4.79 Å². The van der Waals surface area contributed by atoms with Crippen LogP contribution in [0.4, 0.5) is 4.79 Å². The van der Waals surface area contributed by atoms with Gasteiger partial charge in [-0.25, -0.2) is 9.59 Å². The molecule has 3 N–H and O–H groups in total. The Balaban J connectivity index is 1.50. The predicted octanol–water partition coefficient (Wildman–Crippen LogP) is 0.807. The van der Waals surface area contributed by atoms with Crippen LogP contribution in [-0.4, -0.2) is 29.2 Å². The highest BCUT2D eigenvalue weighted by Gasteiger charge is 2.65. The maximum absolute atomic E-state index is 11.8. The number of amides is 2. The van der Waals surface area contributed by atoms with Crippen molar-refractivity contribution in [2.24, 2.45) is 23.7 Å². The molecule has 0 spiro atoms. The molecule has 19 heavy (non-hydrogen) atoms. The van der Waals surface area contributed by atoms with Gasteiger partial charge in [0, 0.05) is 12.5 Å². The molecule has 0 aliphatic heterocycles. The first kappa shape index (κ1) is 12.3. The molecule has 2 amide bonds. The van der Waals surface area contributed by atoms with Gasteiger partial charge in [-0.1, -0.05) is 0 Å². The van der Waals surface area contributed by atoms with E-state index in [0.717, 1.165) is 11.8 Å². The average molecular weight is 262 g/mol. The van der Waals surface area contributed by atoms with Crippen molar-refractivity contribution >= 4 is 12.0 Å². The quantitative estimate of drug-likeness (QED) is 0.656. The Hall–Kier alpha value is -1.70. The molecule has 5 nitrogen and oxygen atoms in total. The Morgan fingerprint density at radius 1 is 1.32 bits per heavy atom. The summed E-state index contributed by atoms with van der Waals surface area (Å²) in [5.74, 6) is 4.01. The van der Waals surface area contributed by atoms with Gasteiger partial charge in [0.25, 0.3) is 0 Å². The smallest absolute Gasteiger partial charge is 0.327 e. The topological polar surface area (TPSA) is 78.4 Å². The van der Waals surface area contributed by atoms with Gasteiger partial charge in [-0.3, -0.25) is 0 Å². The number of urea groups is 1. The van der Waals surface area contributed by atoms with Crippen LogP contribution in [0.3, 0.4) is 0 Å². The van der Waals surface area contributed by atoms with Gasteiger partial charge in [0.1, 0.15) is 6.04 Å². The number of aliphatic carboxylic acids is 1. The Labute approximate surface area is 112 Å². The first-order valence-corrected chi connectivity index (χ1v) is 6.85. The number of carbonyl (C=O) groups excluding carboxylic acids is 1. The summed E-state index contributed by atoms with van der Waals surface area (Å²) in [4.78, 5) is 22.7. The van der Waals surface area contributed by atoms with Gasteiger partial charge in [0.2, 0.25) is 0 Å². The van der Waals surface area contributed by atoms with Crippen molar-refractivity contribution in [2.75, 3.05) is 0 Å². The minimum Gasteiger partial charge on any atom is -0.480 e. The van der Waals surface area contributed by atoms with E-state index in [1.165, 1.54) is 19.3 Å². The third kappa shape index (κ3) is 2.05. The molecule has 3 saturated carbocycles. The molecule has 0 radical (unpaired) electrons. The van der Waals surface area contributed by atoms with E-state index < -0.39 is 18.0 Å². The second-order valence-electron chi connectivity index (χ2n) is 5.93. The van der Waals surface area contributed by atoms with Crippen LogP contribution >= 0.6 is 0 Å². The largest absolute Gasteiger partial charge is 0.480 e. The third-order valence-electron chi connectivity index (χ3n) is 4.96. The molecule has 3 rings (SSSR count). The van der Waals surface area contributed by atoms with Gasteiger partial charge in [0.15, 0.2) is 0 Å². The zero-order valence-corrected chi connectivity index (χ0v) is 10.6. The van der Waals surface area contributed by atoms with Crippen molar-refractivity contribution in [1.82, 2.24) is 10.6 Å². The number of hydrogen-bond acceptors (Lipinski definition) is 2. The molecule has 5 atom stereocenters. The fourth-order valence-corrected chi connectivity index (χ4v) is 4.19. The van der Waals surface area contributed by atoms with Crippen molar-refractivity contribution < 1.29 is 14.7 Å². The molecule has 5 heteroatoms. The molecular weight excluding hydrogens is 244 g/mol. The zero-order valence-electron chi connectivity index (χ0n) is 10.6. The first-order valence-electron chi connectivity index (χ1n) is 6.85. The minimum absolute atomic E-state index is 0.00548. The van der Waals surface area contributed by atoms with E-state index in [9.17, 15) is 9.59 Å². The van der Waals surface area contributed by atoms with E-state index >= 15 is 0 Å². The summed E-state index contributed by atoms with van der Waals surface area (Å²) in [5, 5.41) is 14.3. The van der Waals surface area contributed by atoms with Gasteiger partial charge in [-0.05, 0) is 42.9 Å². The molecule has 0 saturated heterocycles. The number of carboxylic acid groups (broad SMARTS) is 1. The number of nitrogens with one attached hydrogen (secondary N) is 2. The number of terminal acetylenes is 1. The molecular formula is C14H18N2O3. The number of carbonyl (C=O) groups is 2. The highest BCUT2D eigenvalue weighted by molar-refractivity contribution is 5.83. The molecule has 0 aromatic carbocycles. The van der Waals surface area contributed by atoms with Crippen LogP contribution in [0.15, 0.2) is 0 Å². The summed E-state index contributed by atoms with van der Waals surface area (Å²) in [6.45, 7) is 0. The lowest BCUT2D eigenvalue weighted by molar-refractivity contribution is -0.139. The Morgan fingerprint density at radius 3 is 2.47 bits per heavy atom. The summed E-state index contributed by atoms with van der Waals surface area (Å²) >= 11 is 0. The molecule has 0 aromatic rings. The lowest BCUT2D eigenvalue weighted by Gasteiger charge is -2.15. The molecule has 3 fully saturated rings. The van der Waals surface area contributed by atoms with Crippen molar-refractivity contribution in [3.8, 4) is 12.3 Å². The van der Waals surface area contributed by atoms with E-state index in [4.69, 9.17) is 11.5 Å². The number of rotatable bonds is 4. The normalized spacial score (nSPS) is 39.0. The summed E-state index contributed by atoms with van der Waals surface area (Å²) < 4.78 is 0. The Kier molecular flexibility index (Phi) is 2.89. The fraction of sp³-hybridized carbons (Fsp3) is 0.714. The molecule has 0 heterocycles. The van der Waals surface area contributed by atoms with E-state index in [-0.39, 0.29) is 12.5 Å². The van der Waals surface area contributed by atoms with Gasteiger partial charge >= 0.3 is 12.0 Å². The summed E-state index contributed by atoms with van der Waals surface area (Å²) in [5.41, 5.74) is 0. The Morgan fingerprint density at radius 2 is 1.95 bits per heavy atom. The first-order chi connectivity index (χ1) is 9.11. The molecule has 0 aromatic heterocycles. The van der Waals surface area contributed by atoms with Crippen LogP contribution in [0.2, 0.25) is 0 Å². The lowest BCUT2D eigenvalue weighted by atomic mass is 10.0. The molecule has 5 unspecified atom stereocenters. The monoisotopic (exact) mass is 262 g/mol. The summed E-state index contributed by atoms with van der Waals surface area (Å²) in [6.07, 6.45) is 9.00. The minimum atomic E-state index is -1.09. The number of fused-ring (bicyclic) bond motifs is 5. The van der Waals surface area contributed by atoms with Crippen LogP contribution in [0.5, 0.6) is 0 Å². The maximum Gasteiger partial charge on any atom is 0.327 e. The third-order valence-corrected chi connectivity index (χ3v) is 4.96. The molecule has 102 valence electrons. The lowest BCUT2D eigenvalue weighted by Crippen LogP contribution is -2.47. The Bertz CT molecular complexity index is 440. The fourth-order valence-electron chi connectivity index (χ4n) is 4.19. The maximum atomic E-state index is 11.8. The van der Waals surface area contributed by atoms with Crippen molar-refractivity contribution in [3.05, 3.63) is 0 Å². The van der Waals surface area contributed by atoms with Gasteiger partial charge in [-0.2, -0.15) is 0 Å². The second-order valence-corrected chi connectivity index (χ2v) is 5.93. The number of hydrogen-bond donors (Lipinski definition) is 3. The van der Waals surface area contributed by atoms with Gasteiger partial charge < -0.3 is 15.7 Å². The SMILES string of the molecule is C#CCC(NC(=O)NC1C2C3CCC(C3)C12)C(=O)O. The van der Waals surface area contributed by atoms with Crippen LogP contribution in [0.1, 0.15) is 25.7 Å². The van der Waals surface area contributed by atoms with E-state index in [0.29, 0.717) is 11.8 Å². The highest BCUT2D eigenvalue weighted by atomic mass is 16.4. The van der Waals surface area contributed by atoms with Crippen LogP contribution < -0.4 is 10.6 Å². The van der Waals surface area contributed by atoms with E-state index in [1.807, 2.05) is 0 Å². The highest BCUT2D eigenvalue weighted by Crippen LogP contribution is 2.65. The van der Waals surface area contributed by atoms with Crippen LogP contribution in [0, 0.1) is 36.0 Å². The summed E-state index contributed by atoms with van der Waals surface area (Å²) in [6, 6.07) is -1.15.